The van der Waals surface area contributed by atoms with E-state index >= 15 is 0 Å². The van der Waals surface area contributed by atoms with E-state index in [-0.39, 0.29) is 30.7 Å². The number of nitrogens with zero attached hydrogens (tertiary/aromatic N) is 5. The van der Waals surface area contributed by atoms with Crippen molar-refractivity contribution in [3.63, 3.8) is 0 Å². The molecule has 2 aromatic rings. The quantitative estimate of drug-likeness (QED) is 0.803. The molecule has 0 aliphatic carbocycles. The number of H-pyrrole nitrogens is 1. The molecule has 3 heterocycles. The first-order valence-electron chi connectivity index (χ1n) is 7.38. The highest BCUT2D eigenvalue weighted by molar-refractivity contribution is 5.76. The minimum atomic E-state index is -0.875. The predicted octanol–water partition coefficient (Wildman–Crippen LogP) is 0.0265. The highest BCUT2D eigenvalue weighted by atomic mass is 16.4. The Morgan fingerprint density at radius 2 is 2.26 bits per heavy atom. The number of likely N-dealkylation sites (tertiary alicyclic amines) is 1. The molecule has 1 saturated heterocycles. The molecule has 1 aliphatic heterocycles. The largest absolute Gasteiger partial charge is 0.481 e. The van der Waals surface area contributed by atoms with Gasteiger partial charge in [0.15, 0.2) is 0 Å². The van der Waals surface area contributed by atoms with Gasteiger partial charge in [0.1, 0.15) is 6.54 Å². The standard InChI is InChI=1S/C14H18N6O3/c1-9-2-3-20(17-9)8-13(21)19-6-10(4-14(22)23)11(7-19)12-5-15-18-16-12/h2-3,5,10-11H,4,6-8H2,1H3,(H,22,23)(H,15,16,18)/t10-,11+/m1/s1. The normalized spacial score (nSPS) is 20.8. The van der Waals surface area contributed by atoms with Crippen LogP contribution in [0.25, 0.3) is 0 Å². The predicted molar refractivity (Wildman–Crippen MR) is 78.4 cm³/mol. The van der Waals surface area contributed by atoms with Gasteiger partial charge in [0.25, 0.3) is 0 Å². The van der Waals surface area contributed by atoms with Gasteiger partial charge < -0.3 is 10.0 Å². The second-order valence-corrected chi connectivity index (χ2v) is 5.81. The van der Waals surface area contributed by atoms with Gasteiger partial charge in [-0.05, 0) is 18.9 Å². The zero-order chi connectivity index (χ0) is 16.4. The topological polar surface area (TPSA) is 117 Å². The van der Waals surface area contributed by atoms with E-state index in [0.29, 0.717) is 18.8 Å². The molecule has 3 rings (SSSR count). The van der Waals surface area contributed by atoms with Gasteiger partial charge >= 0.3 is 5.97 Å². The van der Waals surface area contributed by atoms with Crippen molar-refractivity contribution < 1.29 is 14.7 Å². The maximum atomic E-state index is 12.4. The molecule has 2 N–H and O–H groups in total. The van der Waals surface area contributed by atoms with Crippen LogP contribution in [0.2, 0.25) is 0 Å². The van der Waals surface area contributed by atoms with Crippen LogP contribution in [-0.2, 0) is 16.1 Å². The Morgan fingerprint density at radius 3 is 2.87 bits per heavy atom. The van der Waals surface area contributed by atoms with Crippen LogP contribution in [0, 0.1) is 12.8 Å². The van der Waals surface area contributed by atoms with Crippen LogP contribution < -0.4 is 0 Å². The zero-order valence-corrected chi connectivity index (χ0v) is 12.7. The van der Waals surface area contributed by atoms with Crippen LogP contribution in [0.1, 0.15) is 23.7 Å². The maximum Gasteiger partial charge on any atom is 0.303 e. The van der Waals surface area contributed by atoms with Gasteiger partial charge in [-0.1, -0.05) is 0 Å². The molecule has 1 amide bonds. The summed E-state index contributed by atoms with van der Waals surface area (Å²) >= 11 is 0. The van der Waals surface area contributed by atoms with Crippen molar-refractivity contribution in [1.29, 1.82) is 0 Å². The number of aromatic amines is 1. The summed E-state index contributed by atoms with van der Waals surface area (Å²) in [5.74, 6) is -1.23. The summed E-state index contributed by atoms with van der Waals surface area (Å²) in [5, 5.41) is 23.7. The first-order valence-corrected chi connectivity index (χ1v) is 7.38. The lowest BCUT2D eigenvalue weighted by atomic mass is 9.91. The van der Waals surface area contributed by atoms with Crippen LogP contribution >= 0.6 is 0 Å². The molecule has 0 bridgehead atoms. The number of carbonyl (C=O) groups excluding carboxylic acids is 1. The van der Waals surface area contributed by atoms with Crippen molar-refractivity contribution in [2.24, 2.45) is 5.92 Å². The first kappa shape index (κ1) is 15.2. The summed E-state index contributed by atoms with van der Waals surface area (Å²) in [6.07, 6.45) is 3.35. The summed E-state index contributed by atoms with van der Waals surface area (Å²) in [7, 11) is 0. The van der Waals surface area contributed by atoms with Crippen LogP contribution in [0.15, 0.2) is 18.5 Å². The van der Waals surface area contributed by atoms with Gasteiger partial charge in [0.05, 0.1) is 24.0 Å². The summed E-state index contributed by atoms with van der Waals surface area (Å²) < 4.78 is 1.59. The smallest absolute Gasteiger partial charge is 0.303 e. The molecule has 1 fully saturated rings. The number of aromatic nitrogens is 5. The van der Waals surface area contributed by atoms with Crippen LogP contribution in [0.5, 0.6) is 0 Å². The second-order valence-electron chi connectivity index (χ2n) is 5.81. The molecule has 0 radical (unpaired) electrons. The third kappa shape index (κ3) is 3.38. The van der Waals surface area contributed by atoms with Crippen molar-refractivity contribution in [3.8, 4) is 0 Å². The van der Waals surface area contributed by atoms with Crippen LogP contribution in [-0.4, -0.2) is 60.2 Å². The molecule has 0 spiro atoms. The molecule has 2 atom stereocenters. The lowest BCUT2D eigenvalue weighted by Gasteiger charge is -2.16. The Kier molecular flexibility index (Phi) is 4.09. The molecular formula is C14H18N6O3. The number of hydrogen-bond acceptors (Lipinski definition) is 5. The molecule has 0 aromatic carbocycles. The van der Waals surface area contributed by atoms with Crippen molar-refractivity contribution in [2.75, 3.05) is 13.1 Å². The third-order valence-electron chi connectivity index (χ3n) is 4.12. The van der Waals surface area contributed by atoms with Gasteiger partial charge in [-0.15, -0.1) is 0 Å². The van der Waals surface area contributed by atoms with Gasteiger partial charge in [0.2, 0.25) is 5.91 Å². The summed E-state index contributed by atoms with van der Waals surface area (Å²) in [4.78, 5) is 25.2. The molecule has 9 heteroatoms. The van der Waals surface area contributed by atoms with Gasteiger partial charge in [-0.3, -0.25) is 14.3 Å². The Morgan fingerprint density at radius 1 is 1.43 bits per heavy atom. The average Bonchev–Trinajstić information content (AvgIpc) is 3.18. The van der Waals surface area contributed by atoms with Gasteiger partial charge in [0, 0.05) is 25.2 Å². The highest BCUT2D eigenvalue weighted by Gasteiger charge is 2.38. The molecular weight excluding hydrogens is 300 g/mol. The Balaban J connectivity index is 1.71. The molecule has 122 valence electrons. The highest BCUT2D eigenvalue weighted by Crippen LogP contribution is 2.33. The van der Waals surface area contributed by atoms with E-state index in [2.05, 4.69) is 20.5 Å². The second kappa shape index (κ2) is 6.19. The number of carbonyl (C=O) groups is 2. The fourth-order valence-corrected chi connectivity index (χ4v) is 3.02. The first-order chi connectivity index (χ1) is 11.0. The van der Waals surface area contributed by atoms with E-state index in [1.807, 2.05) is 13.0 Å². The number of nitrogens with one attached hydrogen (secondary N) is 1. The third-order valence-corrected chi connectivity index (χ3v) is 4.12. The Hall–Kier alpha value is -2.71. The molecule has 9 nitrogen and oxygen atoms in total. The SMILES string of the molecule is Cc1ccn(CC(=O)N2C[C@@H](CC(=O)O)[C@@H](c3cn[nH]n3)C2)n1. The molecule has 0 saturated carbocycles. The fourth-order valence-electron chi connectivity index (χ4n) is 3.02. The number of carboxylic acids is 1. The maximum absolute atomic E-state index is 12.4. The summed E-state index contributed by atoms with van der Waals surface area (Å²) in [6, 6.07) is 1.84. The molecule has 2 aromatic heterocycles. The number of rotatable bonds is 5. The number of aliphatic carboxylic acids is 1. The monoisotopic (exact) mass is 318 g/mol. The van der Waals surface area contributed by atoms with Crippen LogP contribution in [0.4, 0.5) is 0 Å². The van der Waals surface area contributed by atoms with Gasteiger partial charge in [-0.25, -0.2) is 0 Å². The number of hydrogen-bond donors (Lipinski definition) is 2. The lowest BCUT2D eigenvalue weighted by molar-refractivity contribution is -0.138. The van der Waals surface area contributed by atoms with Gasteiger partial charge in [-0.2, -0.15) is 20.5 Å². The lowest BCUT2D eigenvalue weighted by Crippen LogP contribution is -2.32. The van der Waals surface area contributed by atoms with E-state index in [9.17, 15) is 9.59 Å². The van der Waals surface area contributed by atoms with Crippen molar-refractivity contribution in [3.05, 3.63) is 29.8 Å². The number of carboxylic acid groups (broad SMARTS) is 1. The van der Waals surface area contributed by atoms with E-state index in [0.717, 1.165) is 5.69 Å². The molecule has 1 aliphatic rings. The number of amides is 1. The van der Waals surface area contributed by atoms with E-state index < -0.39 is 5.97 Å². The minimum absolute atomic E-state index is 0.00217. The zero-order valence-electron chi connectivity index (χ0n) is 12.7. The fraction of sp³-hybridized carbons (Fsp3) is 0.500. The molecule has 0 unspecified atom stereocenters. The van der Waals surface area contributed by atoms with Crippen molar-refractivity contribution in [2.45, 2.75) is 25.8 Å². The Labute approximate surface area is 132 Å². The van der Waals surface area contributed by atoms with Crippen LogP contribution in [0.3, 0.4) is 0 Å². The Bertz CT molecular complexity index is 695. The van der Waals surface area contributed by atoms with E-state index in [1.165, 1.54) is 0 Å². The van der Waals surface area contributed by atoms with E-state index in [4.69, 9.17) is 5.11 Å². The average molecular weight is 318 g/mol. The minimum Gasteiger partial charge on any atom is -0.481 e. The van der Waals surface area contributed by atoms with Crippen molar-refractivity contribution >= 4 is 11.9 Å². The molecule has 23 heavy (non-hydrogen) atoms. The number of aryl methyl sites for hydroxylation is 1. The summed E-state index contributed by atoms with van der Waals surface area (Å²) in [5.41, 5.74) is 1.55. The van der Waals surface area contributed by atoms with Crippen molar-refractivity contribution in [1.82, 2.24) is 30.1 Å². The summed E-state index contributed by atoms with van der Waals surface area (Å²) in [6.45, 7) is 2.87. The van der Waals surface area contributed by atoms with E-state index in [1.54, 1.807) is 22.0 Å².